The van der Waals surface area contributed by atoms with E-state index >= 15 is 0 Å². The first-order valence-electron chi connectivity index (χ1n) is 14.6. The van der Waals surface area contributed by atoms with E-state index in [1.807, 2.05) is 67.4 Å². The molecular weight excluding hydrogens is 629 g/mol. The summed E-state index contributed by atoms with van der Waals surface area (Å²) in [6.45, 7) is 14.7. The molecule has 4 aromatic rings. The van der Waals surface area contributed by atoms with Crippen LogP contribution in [0.2, 0.25) is 0 Å². The topological polar surface area (TPSA) is 163 Å². The quantitative estimate of drug-likeness (QED) is 0.247. The van der Waals surface area contributed by atoms with Gasteiger partial charge in [-0.25, -0.2) is 14.5 Å². The predicted molar refractivity (Wildman–Crippen MR) is 181 cm³/mol. The summed E-state index contributed by atoms with van der Waals surface area (Å²) in [6, 6.07) is 11.1. The molecule has 246 valence electrons. The zero-order chi connectivity index (χ0) is 33.8. The van der Waals surface area contributed by atoms with Gasteiger partial charge in [-0.3, -0.25) is 19.6 Å². The molecule has 5 rings (SSSR count). The standard InChI is InChI=1S/C30H36N8O2S.CH4O3S/c1-19-11-16-41-27(19)28(39)37-14-12-36(13-15-37)25-10-9-23(21(3)32-25)33-29(40)34-26-17-24(30(4,5)6)35-38(26)22-8-7-20(2)31-18-22;1-5(2,3)4/h7-11,16-18H,12-15H2,1-6H3,(H2,33,34,40);1H3,(H,2,3,4). The summed E-state index contributed by atoms with van der Waals surface area (Å²) in [5, 5.41) is 12.6. The minimum absolute atomic E-state index is 0.0986. The largest absolute Gasteiger partial charge is 0.353 e. The monoisotopic (exact) mass is 668 g/mol. The Hall–Kier alpha value is -4.34. The molecule has 0 radical (unpaired) electrons. The number of aromatic nitrogens is 4. The molecule has 0 saturated carbocycles. The maximum Gasteiger partial charge on any atom is 0.324 e. The molecule has 13 nitrogen and oxygen atoms in total. The Morgan fingerprint density at radius 3 is 2.20 bits per heavy atom. The average Bonchev–Trinajstić information content (AvgIpc) is 3.60. The summed E-state index contributed by atoms with van der Waals surface area (Å²) in [5.74, 6) is 1.47. The van der Waals surface area contributed by atoms with E-state index in [4.69, 9.17) is 14.6 Å². The Balaban J connectivity index is 0.000000892. The van der Waals surface area contributed by atoms with Crippen LogP contribution in [0.5, 0.6) is 0 Å². The van der Waals surface area contributed by atoms with Crippen molar-refractivity contribution in [2.45, 2.75) is 47.0 Å². The number of hydrogen-bond donors (Lipinski definition) is 3. The van der Waals surface area contributed by atoms with Crippen molar-refractivity contribution in [3.63, 3.8) is 0 Å². The van der Waals surface area contributed by atoms with Crippen molar-refractivity contribution >= 4 is 50.7 Å². The van der Waals surface area contributed by atoms with Gasteiger partial charge in [0.05, 0.1) is 40.1 Å². The highest BCUT2D eigenvalue weighted by Crippen LogP contribution is 2.27. The van der Waals surface area contributed by atoms with E-state index in [9.17, 15) is 18.0 Å². The number of urea groups is 1. The van der Waals surface area contributed by atoms with Crippen molar-refractivity contribution in [3.05, 3.63) is 75.5 Å². The van der Waals surface area contributed by atoms with Gasteiger partial charge in [-0.2, -0.15) is 13.5 Å². The van der Waals surface area contributed by atoms with Gasteiger partial charge in [0, 0.05) is 43.4 Å². The number of nitrogens with zero attached hydrogens (tertiary/aromatic N) is 6. The molecule has 0 unspecified atom stereocenters. The molecule has 1 aliphatic rings. The third kappa shape index (κ3) is 9.11. The van der Waals surface area contributed by atoms with Gasteiger partial charge in [-0.15, -0.1) is 11.3 Å². The molecule has 1 saturated heterocycles. The van der Waals surface area contributed by atoms with Gasteiger partial charge in [0.1, 0.15) is 11.6 Å². The van der Waals surface area contributed by atoms with Gasteiger partial charge in [-0.05, 0) is 62.0 Å². The fourth-order valence-corrected chi connectivity index (χ4v) is 5.51. The fraction of sp³-hybridized carbons (Fsp3) is 0.387. The predicted octanol–water partition coefficient (Wildman–Crippen LogP) is 5.06. The van der Waals surface area contributed by atoms with E-state index in [2.05, 4.69) is 41.3 Å². The second-order valence-electron chi connectivity index (χ2n) is 12.1. The number of nitrogens with one attached hydrogen (secondary N) is 2. The Bertz CT molecular complexity index is 1790. The zero-order valence-corrected chi connectivity index (χ0v) is 28.7. The number of aryl methyl sites for hydroxylation is 3. The van der Waals surface area contributed by atoms with Gasteiger partial charge in [-0.1, -0.05) is 20.8 Å². The van der Waals surface area contributed by atoms with Crippen molar-refractivity contribution in [1.82, 2.24) is 24.6 Å². The highest BCUT2D eigenvalue weighted by atomic mass is 32.2. The normalized spacial score (nSPS) is 13.6. The summed E-state index contributed by atoms with van der Waals surface area (Å²) >= 11 is 1.49. The fourth-order valence-electron chi connectivity index (χ4n) is 4.62. The van der Waals surface area contributed by atoms with Crippen LogP contribution in [-0.2, 0) is 15.5 Å². The highest BCUT2D eigenvalue weighted by Gasteiger charge is 2.25. The number of amides is 3. The van der Waals surface area contributed by atoms with Crippen molar-refractivity contribution in [2.75, 3.05) is 48.0 Å². The third-order valence-corrected chi connectivity index (χ3v) is 8.13. The van der Waals surface area contributed by atoms with Crippen molar-refractivity contribution < 1.29 is 22.6 Å². The molecule has 15 heteroatoms. The maximum absolute atomic E-state index is 13.1. The lowest BCUT2D eigenvalue weighted by Crippen LogP contribution is -2.49. The number of pyridine rings is 2. The van der Waals surface area contributed by atoms with Crippen molar-refractivity contribution in [3.8, 4) is 5.69 Å². The molecule has 0 aliphatic carbocycles. The summed E-state index contributed by atoms with van der Waals surface area (Å²) in [7, 11) is -3.67. The molecule has 3 amide bonds. The van der Waals surface area contributed by atoms with Gasteiger partial charge in [0.25, 0.3) is 16.0 Å². The molecule has 0 bridgehead atoms. The molecule has 3 N–H and O–H groups in total. The summed E-state index contributed by atoms with van der Waals surface area (Å²) < 4.78 is 27.6. The van der Waals surface area contributed by atoms with E-state index in [1.165, 1.54) is 11.3 Å². The molecule has 0 atom stereocenters. The maximum atomic E-state index is 13.1. The van der Waals surface area contributed by atoms with Gasteiger partial charge in [0.2, 0.25) is 0 Å². The molecular formula is C31H40N8O5S2. The van der Waals surface area contributed by atoms with Crippen LogP contribution in [-0.4, -0.2) is 82.0 Å². The van der Waals surface area contributed by atoms with Crippen molar-refractivity contribution in [1.29, 1.82) is 0 Å². The van der Waals surface area contributed by atoms with Crippen molar-refractivity contribution in [2.24, 2.45) is 0 Å². The lowest BCUT2D eigenvalue weighted by Gasteiger charge is -2.35. The van der Waals surface area contributed by atoms with Crippen LogP contribution in [0.15, 0.2) is 48.0 Å². The van der Waals surface area contributed by atoms with Crippen LogP contribution in [0.1, 0.15) is 53.1 Å². The highest BCUT2D eigenvalue weighted by molar-refractivity contribution is 7.85. The summed E-state index contributed by atoms with van der Waals surface area (Å²) in [5.41, 5.74) is 4.66. The van der Waals surface area contributed by atoms with Crippen LogP contribution in [0, 0.1) is 20.8 Å². The number of rotatable bonds is 5. The first kappa shape index (κ1) is 34.5. The average molecular weight is 669 g/mol. The Labute approximate surface area is 273 Å². The first-order valence-corrected chi connectivity index (χ1v) is 17.3. The molecule has 46 heavy (non-hydrogen) atoms. The van der Waals surface area contributed by atoms with Gasteiger partial charge >= 0.3 is 6.03 Å². The number of hydrogen-bond acceptors (Lipinski definition) is 9. The summed E-state index contributed by atoms with van der Waals surface area (Å²) in [4.78, 5) is 40.0. The number of thiophene rings is 1. The SMILES string of the molecule is CS(=O)(=O)O.Cc1ccc(-n2nc(C(C)(C)C)cc2NC(=O)Nc2ccc(N3CCN(C(=O)c4sccc4C)CC3)nc2C)cn1. The Morgan fingerprint density at radius 2 is 1.65 bits per heavy atom. The minimum atomic E-state index is -3.67. The number of carbonyl (C=O) groups excluding carboxylic acids is 2. The molecule has 1 aliphatic heterocycles. The van der Waals surface area contributed by atoms with Crippen LogP contribution >= 0.6 is 11.3 Å². The molecule has 0 spiro atoms. The minimum Gasteiger partial charge on any atom is -0.353 e. The van der Waals surface area contributed by atoms with Crippen LogP contribution in [0.4, 0.5) is 22.1 Å². The molecule has 4 aromatic heterocycles. The Kier molecular flexibility index (Phi) is 10.5. The Morgan fingerprint density at radius 1 is 0.978 bits per heavy atom. The smallest absolute Gasteiger partial charge is 0.324 e. The van der Waals surface area contributed by atoms with Gasteiger partial charge < -0.3 is 15.1 Å². The van der Waals surface area contributed by atoms with Crippen LogP contribution < -0.4 is 15.5 Å². The second kappa shape index (κ2) is 14.0. The lowest BCUT2D eigenvalue weighted by atomic mass is 9.92. The third-order valence-electron chi connectivity index (χ3n) is 7.13. The van der Waals surface area contributed by atoms with E-state index < -0.39 is 10.1 Å². The number of anilines is 3. The zero-order valence-electron chi connectivity index (χ0n) is 27.0. The number of piperazine rings is 1. The van der Waals surface area contributed by atoms with E-state index in [1.54, 1.807) is 10.9 Å². The van der Waals surface area contributed by atoms with Crippen LogP contribution in [0.25, 0.3) is 5.69 Å². The lowest BCUT2D eigenvalue weighted by molar-refractivity contribution is 0.0750. The van der Waals surface area contributed by atoms with Crippen LogP contribution in [0.3, 0.4) is 0 Å². The molecule has 5 heterocycles. The van der Waals surface area contributed by atoms with E-state index in [0.717, 1.165) is 33.3 Å². The van der Waals surface area contributed by atoms with E-state index in [0.29, 0.717) is 49.6 Å². The number of carbonyl (C=O) groups is 2. The molecule has 1 fully saturated rings. The van der Waals surface area contributed by atoms with E-state index in [-0.39, 0.29) is 17.4 Å². The molecule has 0 aromatic carbocycles. The second-order valence-corrected chi connectivity index (χ2v) is 14.4. The summed E-state index contributed by atoms with van der Waals surface area (Å²) in [6.07, 6.45) is 2.45. The van der Waals surface area contributed by atoms with Gasteiger partial charge in [0.15, 0.2) is 0 Å². The first-order chi connectivity index (χ1) is 21.5.